The van der Waals surface area contributed by atoms with Crippen molar-refractivity contribution in [2.75, 3.05) is 6.61 Å². The van der Waals surface area contributed by atoms with Crippen molar-refractivity contribution in [3.05, 3.63) is 0 Å². The topological polar surface area (TPSA) is 26.3 Å². The SMILES string of the molecule is CC(Br)COC(=O)C(C)(C)C. The van der Waals surface area contributed by atoms with Crippen LogP contribution in [0.15, 0.2) is 0 Å². The predicted octanol–water partition coefficient (Wildman–Crippen LogP) is 2.36. The van der Waals surface area contributed by atoms with Crippen LogP contribution in [0.4, 0.5) is 0 Å². The summed E-state index contributed by atoms with van der Waals surface area (Å²) in [4.78, 5) is 11.4. The van der Waals surface area contributed by atoms with Gasteiger partial charge in [-0.1, -0.05) is 15.9 Å². The summed E-state index contributed by atoms with van der Waals surface area (Å²) >= 11 is 3.29. The lowest BCUT2D eigenvalue weighted by molar-refractivity contribution is -0.152. The number of hydrogen-bond donors (Lipinski definition) is 0. The van der Waals surface area contributed by atoms with Gasteiger partial charge in [-0.05, 0) is 27.7 Å². The van der Waals surface area contributed by atoms with Crippen molar-refractivity contribution < 1.29 is 9.53 Å². The van der Waals surface area contributed by atoms with E-state index in [9.17, 15) is 4.79 Å². The second-order valence-corrected chi connectivity index (χ2v) is 5.19. The maximum atomic E-state index is 11.1. The van der Waals surface area contributed by atoms with Gasteiger partial charge in [0.1, 0.15) is 6.61 Å². The average Bonchev–Trinajstić information content (AvgIpc) is 1.80. The molecular formula is C8H15BrO2. The van der Waals surface area contributed by atoms with E-state index in [1.165, 1.54) is 0 Å². The molecule has 0 aliphatic carbocycles. The Morgan fingerprint density at radius 1 is 1.55 bits per heavy atom. The standard InChI is InChI=1S/C8H15BrO2/c1-6(9)5-11-7(10)8(2,3)4/h6H,5H2,1-4H3. The molecule has 0 N–H and O–H groups in total. The molecule has 0 fully saturated rings. The van der Waals surface area contributed by atoms with Crippen LogP contribution >= 0.6 is 15.9 Å². The molecule has 0 spiro atoms. The van der Waals surface area contributed by atoms with Gasteiger partial charge in [-0.2, -0.15) is 0 Å². The van der Waals surface area contributed by atoms with Crippen LogP contribution in [0.2, 0.25) is 0 Å². The van der Waals surface area contributed by atoms with E-state index >= 15 is 0 Å². The van der Waals surface area contributed by atoms with Gasteiger partial charge in [0.2, 0.25) is 0 Å². The number of carbonyl (C=O) groups excluding carboxylic acids is 1. The van der Waals surface area contributed by atoms with Crippen molar-refractivity contribution in [3.63, 3.8) is 0 Å². The Bertz CT molecular complexity index is 136. The summed E-state index contributed by atoms with van der Waals surface area (Å²) < 4.78 is 4.98. The molecule has 0 aromatic rings. The molecule has 0 amide bonds. The zero-order valence-electron chi connectivity index (χ0n) is 7.48. The van der Waals surface area contributed by atoms with E-state index in [1.54, 1.807) is 0 Å². The minimum absolute atomic E-state index is 0.149. The molecule has 0 saturated carbocycles. The highest BCUT2D eigenvalue weighted by molar-refractivity contribution is 9.09. The molecule has 0 rings (SSSR count). The van der Waals surface area contributed by atoms with Gasteiger partial charge in [0, 0.05) is 4.83 Å². The summed E-state index contributed by atoms with van der Waals surface area (Å²) in [5.74, 6) is -0.149. The first-order valence-electron chi connectivity index (χ1n) is 3.65. The molecule has 1 atom stereocenters. The fourth-order valence-corrected chi connectivity index (χ4v) is 0.539. The first-order valence-corrected chi connectivity index (χ1v) is 4.57. The van der Waals surface area contributed by atoms with Crippen LogP contribution in [0.3, 0.4) is 0 Å². The molecule has 0 radical (unpaired) electrons. The first kappa shape index (κ1) is 11.0. The smallest absolute Gasteiger partial charge is 0.311 e. The fourth-order valence-electron chi connectivity index (χ4n) is 0.407. The Balaban J connectivity index is 3.71. The van der Waals surface area contributed by atoms with Crippen LogP contribution in [0.5, 0.6) is 0 Å². The Hall–Kier alpha value is -0.0500. The van der Waals surface area contributed by atoms with Crippen LogP contribution < -0.4 is 0 Å². The Labute approximate surface area is 76.4 Å². The molecule has 0 saturated heterocycles. The fraction of sp³-hybridized carbons (Fsp3) is 0.875. The van der Waals surface area contributed by atoms with Gasteiger partial charge in [0.15, 0.2) is 0 Å². The van der Waals surface area contributed by atoms with Crippen molar-refractivity contribution >= 4 is 21.9 Å². The first-order chi connectivity index (χ1) is 4.84. The van der Waals surface area contributed by atoms with Crippen LogP contribution in [-0.2, 0) is 9.53 Å². The molecule has 1 unspecified atom stereocenters. The van der Waals surface area contributed by atoms with E-state index < -0.39 is 0 Å². The minimum Gasteiger partial charge on any atom is -0.464 e. The molecule has 0 aromatic heterocycles. The lowest BCUT2D eigenvalue weighted by Gasteiger charge is -2.16. The summed E-state index contributed by atoms with van der Waals surface area (Å²) in [6, 6.07) is 0. The van der Waals surface area contributed by atoms with Gasteiger partial charge in [0.25, 0.3) is 0 Å². The van der Waals surface area contributed by atoms with E-state index in [1.807, 2.05) is 27.7 Å². The maximum Gasteiger partial charge on any atom is 0.311 e. The lowest BCUT2D eigenvalue weighted by Crippen LogP contribution is -2.24. The summed E-state index contributed by atoms with van der Waals surface area (Å²) in [5, 5.41) is 0. The van der Waals surface area contributed by atoms with Gasteiger partial charge in [-0.25, -0.2) is 0 Å². The second-order valence-electron chi connectivity index (χ2n) is 3.63. The summed E-state index contributed by atoms with van der Waals surface area (Å²) in [7, 11) is 0. The van der Waals surface area contributed by atoms with E-state index in [4.69, 9.17) is 4.74 Å². The molecule has 0 aliphatic rings. The highest BCUT2D eigenvalue weighted by atomic mass is 79.9. The zero-order chi connectivity index (χ0) is 9.07. The third-order valence-corrected chi connectivity index (χ3v) is 1.32. The number of ether oxygens (including phenoxy) is 1. The number of esters is 1. The van der Waals surface area contributed by atoms with E-state index in [2.05, 4.69) is 15.9 Å². The molecule has 0 aliphatic heterocycles. The number of hydrogen-bond acceptors (Lipinski definition) is 2. The Morgan fingerprint density at radius 3 is 2.27 bits per heavy atom. The largest absolute Gasteiger partial charge is 0.464 e. The predicted molar refractivity (Wildman–Crippen MR) is 48.8 cm³/mol. The molecule has 0 heterocycles. The van der Waals surface area contributed by atoms with Crippen LogP contribution in [0.25, 0.3) is 0 Å². The van der Waals surface area contributed by atoms with E-state index in [-0.39, 0.29) is 16.2 Å². The molecule has 0 bridgehead atoms. The summed E-state index contributed by atoms with van der Waals surface area (Å²) in [5.41, 5.74) is -0.387. The molecule has 0 aromatic carbocycles. The molecule has 3 heteroatoms. The van der Waals surface area contributed by atoms with Gasteiger partial charge in [0.05, 0.1) is 5.41 Å². The summed E-state index contributed by atoms with van der Waals surface area (Å²) in [6.45, 7) is 7.91. The highest BCUT2D eigenvalue weighted by Crippen LogP contribution is 2.15. The maximum absolute atomic E-state index is 11.1. The van der Waals surface area contributed by atoms with Crippen molar-refractivity contribution in [1.29, 1.82) is 0 Å². The Kier molecular flexibility index (Phi) is 4.08. The van der Waals surface area contributed by atoms with Gasteiger partial charge >= 0.3 is 5.97 Å². The van der Waals surface area contributed by atoms with Crippen molar-refractivity contribution in [2.24, 2.45) is 5.41 Å². The number of alkyl halides is 1. The van der Waals surface area contributed by atoms with Gasteiger partial charge in [-0.3, -0.25) is 4.79 Å². The highest BCUT2D eigenvalue weighted by Gasteiger charge is 2.22. The monoisotopic (exact) mass is 222 g/mol. The van der Waals surface area contributed by atoms with Crippen molar-refractivity contribution in [1.82, 2.24) is 0 Å². The summed E-state index contributed by atoms with van der Waals surface area (Å²) in [6.07, 6.45) is 0. The van der Waals surface area contributed by atoms with Crippen LogP contribution in [0, 0.1) is 5.41 Å². The zero-order valence-corrected chi connectivity index (χ0v) is 9.06. The minimum atomic E-state index is -0.387. The molecular weight excluding hydrogens is 208 g/mol. The third kappa shape index (κ3) is 5.24. The average molecular weight is 223 g/mol. The number of carbonyl (C=O) groups is 1. The van der Waals surface area contributed by atoms with E-state index in [0.29, 0.717) is 6.61 Å². The third-order valence-electron chi connectivity index (χ3n) is 1.06. The van der Waals surface area contributed by atoms with Crippen molar-refractivity contribution in [3.8, 4) is 0 Å². The van der Waals surface area contributed by atoms with Crippen LogP contribution in [-0.4, -0.2) is 17.4 Å². The number of rotatable bonds is 2. The van der Waals surface area contributed by atoms with Gasteiger partial charge < -0.3 is 4.74 Å². The quantitative estimate of drug-likeness (QED) is 0.530. The van der Waals surface area contributed by atoms with Gasteiger partial charge in [-0.15, -0.1) is 0 Å². The molecule has 2 nitrogen and oxygen atoms in total. The molecule has 66 valence electrons. The number of halogens is 1. The Morgan fingerprint density at radius 2 is 2.00 bits per heavy atom. The second kappa shape index (κ2) is 4.10. The van der Waals surface area contributed by atoms with Crippen LogP contribution in [0.1, 0.15) is 27.7 Å². The van der Waals surface area contributed by atoms with Crippen molar-refractivity contribution in [2.45, 2.75) is 32.5 Å². The normalized spacial score (nSPS) is 14.3. The lowest BCUT2D eigenvalue weighted by atomic mass is 9.97. The molecule has 11 heavy (non-hydrogen) atoms. The van der Waals surface area contributed by atoms with E-state index in [0.717, 1.165) is 0 Å².